The fourth-order valence-corrected chi connectivity index (χ4v) is 0.906. The van der Waals surface area contributed by atoms with Crippen molar-refractivity contribution in [3.8, 4) is 0 Å². The Labute approximate surface area is 81.5 Å². The fourth-order valence-electron chi connectivity index (χ4n) is 0.906. The lowest BCUT2D eigenvalue weighted by molar-refractivity contribution is -0.132. The van der Waals surface area contributed by atoms with Gasteiger partial charge in [0.15, 0.2) is 5.70 Å². The normalized spacial score (nSPS) is 19.0. The van der Waals surface area contributed by atoms with E-state index in [1.165, 1.54) is 0 Å². The summed E-state index contributed by atoms with van der Waals surface area (Å²) in [6.07, 6.45) is 7.93. The Morgan fingerprint density at radius 2 is 2.14 bits per heavy atom. The third-order valence-electron chi connectivity index (χ3n) is 1.61. The standard InChI is InChI=1S/C10H10N2O2/c1-7-4-2-3-5-8(7)12-9(6-11)10(13)14/h2-6H,1,11H2,(H,13,14)/b9-6-,12-8?. The summed E-state index contributed by atoms with van der Waals surface area (Å²) in [4.78, 5) is 14.4. The Morgan fingerprint density at radius 1 is 1.50 bits per heavy atom. The Balaban J connectivity index is 2.98. The van der Waals surface area contributed by atoms with Gasteiger partial charge in [-0.25, -0.2) is 9.79 Å². The highest BCUT2D eigenvalue weighted by Crippen LogP contribution is 2.08. The number of hydrogen-bond acceptors (Lipinski definition) is 3. The quantitative estimate of drug-likeness (QED) is 0.637. The summed E-state index contributed by atoms with van der Waals surface area (Å²) in [5.74, 6) is -1.16. The predicted octanol–water partition coefficient (Wildman–Crippen LogP) is 0.994. The second kappa shape index (κ2) is 4.23. The highest BCUT2D eigenvalue weighted by molar-refractivity contribution is 6.12. The number of aliphatic imine (C=N–C) groups is 1. The van der Waals surface area contributed by atoms with Gasteiger partial charge in [0.1, 0.15) is 0 Å². The van der Waals surface area contributed by atoms with E-state index in [1.807, 2.05) is 0 Å². The van der Waals surface area contributed by atoms with Crippen LogP contribution in [0.1, 0.15) is 0 Å². The molecule has 0 unspecified atom stereocenters. The summed E-state index contributed by atoms with van der Waals surface area (Å²) >= 11 is 0. The van der Waals surface area contributed by atoms with Crippen LogP contribution in [0, 0.1) is 0 Å². The molecule has 0 bridgehead atoms. The van der Waals surface area contributed by atoms with E-state index in [1.54, 1.807) is 24.3 Å². The minimum atomic E-state index is -1.16. The Bertz CT molecular complexity index is 387. The van der Waals surface area contributed by atoms with Gasteiger partial charge in [-0.05, 0) is 11.6 Å². The molecule has 4 heteroatoms. The van der Waals surface area contributed by atoms with Gasteiger partial charge in [-0.15, -0.1) is 0 Å². The average Bonchev–Trinajstić information content (AvgIpc) is 2.16. The van der Waals surface area contributed by atoms with Crippen LogP contribution in [0.4, 0.5) is 0 Å². The van der Waals surface area contributed by atoms with E-state index in [0.717, 1.165) is 6.20 Å². The van der Waals surface area contributed by atoms with Crippen LogP contribution in [0.25, 0.3) is 0 Å². The summed E-state index contributed by atoms with van der Waals surface area (Å²) in [5, 5.41) is 8.66. The number of allylic oxidation sites excluding steroid dienone is 5. The third-order valence-corrected chi connectivity index (χ3v) is 1.61. The zero-order valence-corrected chi connectivity index (χ0v) is 7.47. The summed E-state index contributed by atoms with van der Waals surface area (Å²) in [6.45, 7) is 3.71. The van der Waals surface area contributed by atoms with Gasteiger partial charge in [0, 0.05) is 6.20 Å². The SMILES string of the molecule is C=C1C=CC=CC1=N/C(=C\N)C(=O)O. The van der Waals surface area contributed by atoms with Gasteiger partial charge in [-0.3, -0.25) is 0 Å². The van der Waals surface area contributed by atoms with Gasteiger partial charge in [-0.1, -0.05) is 24.8 Å². The van der Waals surface area contributed by atoms with Crippen molar-refractivity contribution in [3.05, 3.63) is 48.4 Å². The molecule has 0 aromatic rings. The molecule has 72 valence electrons. The monoisotopic (exact) mass is 190 g/mol. The molecule has 0 aromatic heterocycles. The van der Waals surface area contributed by atoms with Crippen LogP contribution >= 0.6 is 0 Å². The van der Waals surface area contributed by atoms with E-state index < -0.39 is 5.97 Å². The lowest BCUT2D eigenvalue weighted by atomic mass is 10.1. The zero-order chi connectivity index (χ0) is 10.6. The highest BCUT2D eigenvalue weighted by atomic mass is 16.4. The topological polar surface area (TPSA) is 75.7 Å². The molecule has 3 N–H and O–H groups in total. The zero-order valence-electron chi connectivity index (χ0n) is 7.47. The largest absolute Gasteiger partial charge is 0.476 e. The average molecular weight is 190 g/mol. The van der Waals surface area contributed by atoms with Crippen molar-refractivity contribution in [2.24, 2.45) is 10.7 Å². The molecular formula is C10H10N2O2. The van der Waals surface area contributed by atoms with Crippen molar-refractivity contribution < 1.29 is 9.90 Å². The molecule has 0 aliphatic heterocycles. The maximum atomic E-state index is 10.6. The van der Waals surface area contributed by atoms with E-state index in [-0.39, 0.29) is 5.70 Å². The molecule has 14 heavy (non-hydrogen) atoms. The summed E-state index contributed by atoms with van der Waals surface area (Å²) in [6, 6.07) is 0. The molecular weight excluding hydrogens is 180 g/mol. The highest BCUT2D eigenvalue weighted by Gasteiger charge is 2.07. The number of hydrogen-bond donors (Lipinski definition) is 2. The molecule has 1 rings (SSSR count). The Morgan fingerprint density at radius 3 is 2.64 bits per heavy atom. The van der Waals surface area contributed by atoms with Gasteiger partial charge >= 0.3 is 5.97 Å². The van der Waals surface area contributed by atoms with Gasteiger partial charge < -0.3 is 10.8 Å². The predicted molar refractivity (Wildman–Crippen MR) is 54.8 cm³/mol. The Hall–Kier alpha value is -2.10. The van der Waals surface area contributed by atoms with Crippen molar-refractivity contribution in [3.63, 3.8) is 0 Å². The molecule has 0 fully saturated rings. The van der Waals surface area contributed by atoms with Gasteiger partial charge in [0.25, 0.3) is 0 Å². The first kappa shape index (κ1) is 9.98. The number of carboxylic acids is 1. The molecule has 0 amide bonds. The minimum absolute atomic E-state index is 0.193. The minimum Gasteiger partial charge on any atom is -0.476 e. The van der Waals surface area contributed by atoms with Crippen LogP contribution in [0.15, 0.2) is 53.3 Å². The number of rotatable bonds is 2. The molecule has 0 spiro atoms. The van der Waals surface area contributed by atoms with Crippen molar-refractivity contribution in [2.75, 3.05) is 0 Å². The van der Waals surface area contributed by atoms with Crippen LogP contribution in [-0.2, 0) is 4.79 Å². The van der Waals surface area contributed by atoms with E-state index in [9.17, 15) is 4.79 Å². The molecule has 0 heterocycles. The first-order valence-electron chi connectivity index (χ1n) is 3.93. The van der Waals surface area contributed by atoms with Crippen LogP contribution < -0.4 is 5.73 Å². The summed E-state index contributed by atoms with van der Waals surface area (Å²) in [7, 11) is 0. The van der Waals surface area contributed by atoms with Crippen molar-refractivity contribution in [1.29, 1.82) is 0 Å². The molecule has 4 nitrogen and oxygen atoms in total. The number of carboxylic acid groups (broad SMARTS) is 1. The smallest absolute Gasteiger partial charge is 0.356 e. The first-order valence-corrected chi connectivity index (χ1v) is 3.93. The first-order chi connectivity index (χ1) is 6.65. The molecule has 1 aliphatic carbocycles. The molecule has 0 radical (unpaired) electrons. The van der Waals surface area contributed by atoms with Crippen LogP contribution in [0.3, 0.4) is 0 Å². The molecule has 0 saturated carbocycles. The van der Waals surface area contributed by atoms with Crippen molar-refractivity contribution in [1.82, 2.24) is 0 Å². The second-order valence-corrected chi connectivity index (χ2v) is 2.60. The van der Waals surface area contributed by atoms with Crippen molar-refractivity contribution >= 4 is 11.7 Å². The third kappa shape index (κ3) is 2.20. The lowest BCUT2D eigenvalue weighted by Gasteiger charge is -2.04. The number of nitrogens with two attached hydrogens (primary N) is 1. The molecule has 1 aliphatic rings. The van der Waals surface area contributed by atoms with Crippen molar-refractivity contribution in [2.45, 2.75) is 0 Å². The van der Waals surface area contributed by atoms with Crippen LogP contribution in [0.2, 0.25) is 0 Å². The second-order valence-electron chi connectivity index (χ2n) is 2.60. The fraction of sp³-hybridized carbons (Fsp3) is 0. The Kier molecular flexibility index (Phi) is 3.01. The molecule has 0 saturated heterocycles. The molecule has 0 atom stereocenters. The van der Waals surface area contributed by atoms with Crippen LogP contribution in [-0.4, -0.2) is 16.8 Å². The summed E-state index contributed by atoms with van der Waals surface area (Å²) < 4.78 is 0. The summed E-state index contributed by atoms with van der Waals surface area (Å²) in [5.41, 5.74) is 6.09. The van der Waals surface area contributed by atoms with E-state index in [4.69, 9.17) is 10.8 Å². The number of carbonyl (C=O) groups is 1. The van der Waals surface area contributed by atoms with Gasteiger partial charge in [-0.2, -0.15) is 0 Å². The van der Waals surface area contributed by atoms with E-state index >= 15 is 0 Å². The number of nitrogens with zero attached hydrogens (tertiary/aromatic N) is 1. The van der Waals surface area contributed by atoms with Crippen LogP contribution in [0.5, 0.6) is 0 Å². The maximum Gasteiger partial charge on any atom is 0.356 e. The molecule has 0 aromatic carbocycles. The van der Waals surface area contributed by atoms with E-state index in [2.05, 4.69) is 11.6 Å². The van der Waals surface area contributed by atoms with Gasteiger partial charge in [0.2, 0.25) is 0 Å². The number of aliphatic carboxylic acids is 1. The van der Waals surface area contributed by atoms with Gasteiger partial charge in [0.05, 0.1) is 5.71 Å². The van der Waals surface area contributed by atoms with E-state index in [0.29, 0.717) is 11.3 Å². The maximum absolute atomic E-state index is 10.6. The lowest BCUT2D eigenvalue weighted by Crippen LogP contribution is -2.06.